The van der Waals surface area contributed by atoms with Gasteiger partial charge >= 0.3 is 0 Å². The first kappa shape index (κ1) is 14.0. The SMILES string of the molecule is CCc1nn(CC)c(CNCc2ncn(C)n2)c1Cl. The van der Waals surface area contributed by atoms with E-state index >= 15 is 0 Å². The summed E-state index contributed by atoms with van der Waals surface area (Å²) < 4.78 is 3.63. The van der Waals surface area contributed by atoms with E-state index in [4.69, 9.17) is 11.6 Å². The Morgan fingerprint density at radius 1 is 1.26 bits per heavy atom. The van der Waals surface area contributed by atoms with Crippen LogP contribution in [0.1, 0.15) is 31.1 Å². The first-order chi connectivity index (χ1) is 9.15. The van der Waals surface area contributed by atoms with Crippen molar-refractivity contribution in [3.63, 3.8) is 0 Å². The van der Waals surface area contributed by atoms with Crippen LogP contribution in [0.25, 0.3) is 0 Å². The number of aromatic nitrogens is 5. The highest BCUT2D eigenvalue weighted by molar-refractivity contribution is 6.31. The van der Waals surface area contributed by atoms with Crippen LogP contribution in [0.5, 0.6) is 0 Å². The first-order valence-electron chi connectivity index (χ1n) is 6.45. The van der Waals surface area contributed by atoms with Crippen molar-refractivity contribution in [3.8, 4) is 0 Å². The Kier molecular flexibility index (Phi) is 4.55. The second-order valence-corrected chi connectivity index (χ2v) is 4.69. The van der Waals surface area contributed by atoms with E-state index in [1.54, 1.807) is 11.0 Å². The maximum absolute atomic E-state index is 6.34. The molecule has 0 aromatic carbocycles. The lowest BCUT2D eigenvalue weighted by Crippen LogP contribution is -2.17. The van der Waals surface area contributed by atoms with E-state index in [0.29, 0.717) is 13.1 Å². The van der Waals surface area contributed by atoms with Crippen LogP contribution in [0, 0.1) is 0 Å². The number of rotatable bonds is 6. The van der Waals surface area contributed by atoms with Crippen LogP contribution in [0.3, 0.4) is 0 Å². The lowest BCUT2D eigenvalue weighted by molar-refractivity contribution is 0.569. The summed E-state index contributed by atoms with van der Waals surface area (Å²) in [4.78, 5) is 4.17. The lowest BCUT2D eigenvalue weighted by Gasteiger charge is -2.05. The Balaban J connectivity index is 2.00. The summed E-state index contributed by atoms with van der Waals surface area (Å²) in [6, 6.07) is 0. The summed E-state index contributed by atoms with van der Waals surface area (Å²) >= 11 is 6.34. The van der Waals surface area contributed by atoms with Crippen molar-refractivity contribution in [1.82, 2.24) is 29.9 Å². The highest BCUT2D eigenvalue weighted by Crippen LogP contribution is 2.21. The number of aryl methyl sites for hydroxylation is 3. The molecule has 19 heavy (non-hydrogen) atoms. The summed E-state index contributed by atoms with van der Waals surface area (Å²) in [7, 11) is 1.85. The minimum atomic E-state index is 0.619. The highest BCUT2D eigenvalue weighted by atomic mass is 35.5. The average Bonchev–Trinajstić information content (AvgIpc) is 2.94. The van der Waals surface area contributed by atoms with Gasteiger partial charge in [0.25, 0.3) is 0 Å². The predicted octanol–water partition coefficient (Wildman–Crippen LogP) is 1.54. The molecule has 6 nitrogen and oxygen atoms in total. The van der Waals surface area contributed by atoms with Gasteiger partial charge < -0.3 is 5.32 Å². The molecule has 0 spiro atoms. The molecule has 0 aliphatic rings. The van der Waals surface area contributed by atoms with Gasteiger partial charge in [-0.05, 0) is 13.3 Å². The largest absolute Gasteiger partial charge is 0.304 e. The topological polar surface area (TPSA) is 60.6 Å². The molecular formula is C12H19ClN6. The number of hydrogen-bond acceptors (Lipinski definition) is 4. The Morgan fingerprint density at radius 3 is 2.63 bits per heavy atom. The molecule has 104 valence electrons. The number of hydrogen-bond donors (Lipinski definition) is 1. The maximum atomic E-state index is 6.34. The Morgan fingerprint density at radius 2 is 2.05 bits per heavy atom. The van der Waals surface area contributed by atoms with Gasteiger partial charge in [-0.3, -0.25) is 9.36 Å². The minimum absolute atomic E-state index is 0.619. The van der Waals surface area contributed by atoms with E-state index in [2.05, 4.69) is 34.3 Å². The van der Waals surface area contributed by atoms with Gasteiger partial charge in [0.15, 0.2) is 5.82 Å². The Labute approximate surface area is 117 Å². The normalized spacial score (nSPS) is 11.2. The molecule has 2 heterocycles. The third-order valence-electron chi connectivity index (χ3n) is 2.92. The monoisotopic (exact) mass is 282 g/mol. The van der Waals surface area contributed by atoms with Gasteiger partial charge in [-0.15, -0.1) is 0 Å². The number of halogens is 1. The fourth-order valence-electron chi connectivity index (χ4n) is 1.94. The van der Waals surface area contributed by atoms with Crippen LogP contribution in [0.15, 0.2) is 6.33 Å². The van der Waals surface area contributed by atoms with E-state index < -0.39 is 0 Å². The minimum Gasteiger partial charge on any atom is -0.304 e. The summed E-state index contributed by atoms with van der Waals surface area (Å²) in [6.45, 7) is 6.22. The maximum Gasteiger partial charge on any atom is 0.164 e. The Bertz CT molecular complexity index is 544. The smallest absolute Gasteiger partial charge is 0.164 e. The molecule has 0 unspecified atom stereocenters. The predicted molar refractivity (Wildman–Crippen MR) is 73.8 cm³/mol. The standard InChI is InChI=1S/C12H19ClN6/c1-4-9-12(13)10(19(5-2)16-9)6-14-7-11-15-8-18(3)17-11/h8,14H,4-7H2,1-3H3. The molecule has 0 radical (unpaired) electrons. The summed E-state index contributed by atoms with van der Waals surface area (Å²) in [6.07, 6.45) is 2.54. The third kappa shape index (κ3) is 3.13. The van der Waals surface area contributed by atoms with Crippen LogP contribution in [0.2, 0.25) is 5.02 Å². The fraction of sp³-hybridized carbons (Fsp3) is 0.583. The Hall–Kier alpha value is -1.40. The van der Waals surface area contributed by atoms with Crippen molar-refractivity contribution in [3.05, 3.63) is 28.6 Å². The summed E-state index contributed by atoms with van der Waals surface area (Å²) in [5.41, 5.74) is 1.98. The molecule has 0 bridgehead atoms. The molecule has 0 fully saturated rings. The van der Waals surface area contributed by atoms with Crippen molar-refractivity contribution >= 4 is 11.6 Å². The van der Waals surface area contributed by atoms with Gasteiger partial charge in [0.1, 0.15) is 6.33 Å². The highest BCUT2D eigenvalue weighted by Gasteiger charge is 2.13. The van der Waals surface area contributed by atoms with E-state index in [1.807, 2.05) is 11.7 Å². The van der Waals surface area contributed by atoms with Crippen LogP contribution < -0.4 is 5.32 Å². The number of nitrogens with one attached hydrogen (secondary N) is 1. The molecule has 0 saturated carbocycles. The van der Waals surface area contributed by atoms with E-state index in [9.17, 15) is 0 Å². The van der Waals surface area contributed by atoms with Crippen LogP contribution in [0.4, 0.5) is 0 Å². The summed E-state index contributed by atoms with van der Waals surface area (Å²) in [5.74, 6) is 0.775. The van der Waals surface area contributed by atoms with Gasteiger partial charge in [-0.1, -0.05) is 18.5 Å². The average molecular weight is 283 g/mol. The molecule has 0 aliphatic carbocycles. The van der Waals surface area contributed by atoms with Gasteiger partial charge in [0.05, 0.1) is 23.0 Å². The third-order valence-corrected chi connectivity index (χ3v) is 3.35. The molecule has 0 aliphatic heterocycles. The fourth-order valence-corrected chi connectivity index (χ4v) is 2.28. The van der Waals surface area contributed by atoms with Gasteiger partial charge in [0, 0.05) is 20.1 Å². The van der Waals surface area contributed by atoms with Gasteiger partial charge in [-0.2, -0.15) is 10.2 Å². The van der Waals surface area contributed by atoms with E-state index in [-0.39, 0.29) is 0 Å². The van der Waals surface area contributed by atoms with E-state index in [1.165, 1.54) is 0 Å². The molecule has 0 atom stereocenters. The molecule has 0 saturated heterocycles. The zero-order valence-corrected chi connectivity index (χ0v) is 12.3. The quantitative estimate of drug-likeness (QED) is 0.873. The van der Waals surface area contributed by atoms with Crippen molar-refractivity contribution < 1.29 is 0 Å². The van der Waals surface area contributed by atoms with Gasteiger partial charge in [0.2, 0.25) is 0 Å². The number of nitrogens with zero attached hydrogens (tertiary/aromatic N) is 5. The van der Waals surface area contributed by atoms with Crippen molar-refractivity contribution in [1.29, 1.82) is 0 Å². The molecular weight excluding hydrogens is 264 g/mol. The van der Waals surface area contributed by atoms with Crippen molar-refractivity contribution in [2.75, 3.05) is 0 Å². The van der Waals surface area contributed by atoms with Crippen LogP contribution in [-0.4, -0.2) is 24.5 Å². The van der Waals surface area contributed by atoms with Crippen molar-refractivity contribution in [2.45, 2.75) is 39.9 Å². The molecule has 2 rings (SSSR count). The lowest BCUT2D eigenvalue weighted by atomic mass is 10.3. The van der Waals surface area contributed by atoms with Crippen LogP contribution >= 0.6 is 11.6 Å². The van der Waals surface area contributed by atoms with Crippen LogP contribution in [-0.2, 0) is 33.1 Å². The molecule has 2 aromatic heterocycles. The van der Waals surface area contributed by atoms with Crippen molar-refractivity contribution in [2.24, 2.45) is 7.05 Å². The summed E-state index contributed by atoms with van der Waals surface area (Å²) in [5, 5.41) is 12.8. The molecule has 1 N–H and O–H groups in total. The zero-order chi connectivity index (χ0) is 13.8. The van der Waals surface area contributed by atoms with E-state index in [0.717, 1.165) is 35.2 Å². The molecule has 2 aromatic rings. The second-order valence-electron chi connectivity index (χ2n) is 4.31. The second kappa shape index (κ2) is 6.16. The molecule has 0 amide bonds. The first-order valence-corrected chi connectivity index (χ1v) is 6.82. The molecule has 7 heteroatoms. The van der Waals surface area contributed by atoms with Gasteiger partial charge in [-0.25, -0.2) is 4.98 Å². The zero-order valence-electron chi connectivity index (χ0n) is 11.5.